The highest BCUT2D eigenvalue weighted by Gasteiger charge is 2.35. The largest absolute Gasteiger partial charge is 0.338 e. The van der Waals surface area contributed by atoms with Crippen LogP contribution >= 0.6 is 0 Å². The number of carbonyl (C=O) groups is 2. The first-order valence-corrected chi connectivity index (χ1v) is 3.58. The van der Waals surface area contributed by atoms with E-state index in [2.05, 4.69) is 5.32 Å². The summed E-state index contributed by atoms with van der Waals surface area (Å²) in [6.45, 7) is 0.0445. The Morgan fingerprint density at radius 2 is 2.00 bits per heavy atom. The topological polar surface area (TPSA) is 55.4 Å². The van der Waals surface area contributed by atoms with Crippen LogP contribution in [-0.2, 0) is 14.3 Å². The molecule has 1 aliphatic carbocycles. The van der Waals surface area contributed by atoms with Gasteiger partial charge in [0.15, 0.2) is 11.5 Å². The minimum absolute atomic E-state index is 0.0445. The molecule has 0 radical (unpaired) electrons. The standard InChI is InChI=1S/C8H7NO3/c10-6-1-3-8(4-2-6)9-7(11)5-12-8/h1-4H,5H2,(H,9,11). The van der Waals surface area contributed by atoms with Crippen LogP contribution < -0.4 is 5.32 Å². The van der Waals surface area contributed by atoms with Gasteiger partial charge >= 0.3 is 0 Å². The zero-order valence-electron chi connectivity index (χ0n) is 6.24. The van der Waals surface area contributed by atoms with Crippen LogP contribution in [0.25, 0.3) is 0 Å². The van der Waals surface area contributed by atoms with E-state index >= 15 is 0 Å². The normalized spacial score (nSPS) is 25.0. The summed E-state index contributed by atoms with van der Waals surface area (Å²) in [4.78, 5) is 21.6. The van der Waals surface area contributed by atoms with Crippen molar-refractivity contribution in [2.75, 3.05) is 6.61 Å². The van der Waals surface area contributed by atoms with Crippen molar-refractivity contribution in [2.45, 2.75) is 5.72 Å². The second-order valence-electron chi connectivity index (χ2n) is 2.70. The van der Waals surface area contributed by atoms with Gasteiger partial charge < -0.3 is 10.1 Å². The summed E-state index contributed by atoms with van der Waals surface area (Å²) in [5.74, 6) is -0.260. The lowest BCUT2D eigenvalue weighted by atomic mass is 10.1. The maximum atomic E-state index is 10.8. The maximum absolute atomic E-state index is 10.8. The van der Waals surface area contributed by atoms with Crippen molar-refractivity contribution < 1.29 is 14.3 Å². The van der Waals surface area contributed by atoms with Gasteiger partial charge in [0, 0.05) is 0 Å². The van der Waals surface area contributed by atoms with Gasteiger partial charge in [-0.1, -0.05) is 0 Å². The van der Waals surface area contributed by atoms with Gasteiger partial charge in [0.2, 0.25) is 5.91 Å². The van der Waals surface area contributed by atoms with E-state index in [1.807, 2.05) is 0 Å². The number of hydrogen-bond acceptors (Lipinski definition) is 3. The Morgan fingerprint density at radius 1 is 1.33 bits per heavy atom. The van der Waals surface area contributed by atoms with Gasteiger partial charge in [-0.15, -0.1) is 0 Å². The lowest BCUT2D eigenvalue weighted by molar-refractivity contribution is -0.119. The summed E-state index contributed by atoms with van der Waals surface area (Å²) in [6, 6.07) is 0. The van der Waals surface area contributed by atoms with Crippen LogP contribution in [0.1, 0.15) is 0 Å². The summed E-state index contributed by atoms with van der Waals surface area (Å²) < 4.78 is 5.16. The van der Waals surface area contributed by atoms with Gasteiger partial charge in [-0.25, -0.2) is 0 Å². The predicted molar refractivity (Wildman–Crippen MR) is 40.1 cm³/mol. The average molecular weight is 165 g/mol. The Morgan fingerprint density at radius 3 is 2.50 bits per heavy atom. The number of ether oxygens (including phenoxy) is 1. The number of ketones is 1. The molecule has 4 heteroatoms. The molecule has 4 nitrogen and oxygen atoms in total. The second-order valence-corrected chi connectivity index (χ2v) is 2.70. The second kappa shape index (κ2) is 2.28. The van der Waals surface area contributed by atoms with Crippen LogP contribution in [-0.4, -0.2) is 24.0 Å². The lowest BCUT2D eigenvalue weighted by Gasteiger charge is -2.21. The minimum Gasteiger partial charge on any atom is -0.338 e. The first-order chi connectivity index (χ1) is 5.70. The molecule has 0 aromatic heterocycles. The monoisotopic (exact) mass is 165 g/mol. The predicted octanol–water partition coefficient (Wildman–Crippen LogP) is -0.476. The van der Waals surface area contributed by atoms with Crippen molar-refractivity contribution >= 4 is 11.7 Å². The molecule has 0 saturated carbocycles. The first kappa shape index (κ1) is 7.24. The fraction of sp³-hybridized carbons (Fsp3) is 0.250. The molecular weight excluding hydrogens is 158 g/mol. The summed E-state index contributed by atoms with van der Waals surface area (Å²) in [5.41, 5.74) is -0.856. The number of hydrogen-bond donors (Lipinski definition) is 1. The summed E-state index contributed by atoms with van der Waals surface area (Å²) in [5, 5.41) is 2.60. The average Bonchev–Trinajstić information content (AvgIpc) is 2.40. The Balaban J connectivity index is 2.25. The Kier molecular flexibility index (Phi) is 1.38. The molecule has 2 aliphatic rings. The zero-order chi connectivity index (χ0) is 8.60. The third-order valence-electron chi connectivity index (χ3n) is 1.77. The maximum Gasteiger partial charge on any atom is 0.248 e. The highest BCUT2D eigenvalue weighted by atomic mass is 16.5. The van der Waals surface area contributed by atoms with Gasteiger partial charge in [-0.3, -0.25) is 9.59 Å². The van der Waals surface area contributed by atoms with Crippen molar-refractivity contribution in [1.29, 1.82) is 0 Å². The zero-order valence-corrected chi connectivity index (χ0v) is 6.24. The van der Waals surface area contributed by atoms with Crippen LogP contribution in [0.2, 0.25) is 0 Å². The summed E-state index contributed by atoms with van der Waals surface area (Å²) in [7, 11) is 0. The highest BCUT2D eigenvalue weighted by molar-refractivity contribution is 6.01. The molecule has 1 aliphatic heterocycles. The summed E-state index contributed by atoms with van der Waals surface area (Å²) in [6.07, 6.45) is 5.84. The number of amides is 1. The summed E-state index contributed by atoms with van der Waals surface area (Å²) >= 11 is 0. The van der Waals surface area contributed by atoms with E-state index in [-0.39, 0.29) is 18.3 Å². The Labute approximate surface area is 68.9 Å². The molecule has 1 amide bonds. The van der Waals surface area contributed by atoms with Gasteiger partial charge in [-0.2, -0.15) is 0 Å². The van der Waals surface area contributed by atoms with Crippen molar-refractivity contribution in [2.24, 2.45) is 0 Å². The first-order valence-electron chi connectivity index (χ1n) is 3.58. The van der Waals surface area contributed by atoms with E-state index in [4.69, 9.17) is 4.74 Å². The number of allylic oxidation sites excluding steroid dienone is 2. The van der Waals surface area contributed by atoms with E-state index in [1.165, 1.54) is 12.2 Å². The molecular formula is C8H7NO3. The van der Waals surface area contributed by atoms with Crippen LogP contribution in [0.4, 0.5) is 0 Å². The minimum atomic E-state index is -0.856. The fourth-order valence-electron chi connectivity index (χ4n) is 1.18. The molecule has 1 saturated heterocycles. The molecule has 0 atom stereocenters. The molecule has 1 N–H and O–H groups in total. The molecule has 1 heterocycles. The SMILES string of the molecule is O=C1C=CC2(C=C1)NC(=O)CO2. The number of carbonyl (C=O) groups excluding carboxylic acids is 2. The van der Waals surface area contributed by atoms with Gasteiger partial charge in [0.25, 0.3) is 0 Å². The van der Waals surface area contributed by atoms with Crippen molar-refractivity contribution in [3.8, 4) is 0 Å². The van der Waals surface area contributed by atoms with E-state index in [0.717, 1.165) is 0 Å². The Hall–Kier alpha value is -1.42. The smallest absolute Gasteiger partial charge is 0.248 e. The highest BCUT2D eigenvalue weighted by Crippen LogP contribution is 2.19. The van der Waals surface area contributed by atoms with Crippen LogP contribution in [0.15, 0.2) is 24.3 Å². The van der Waals surface area contributed by atoms with Gasteiger partial charge in [0.05, 0.1) is 0 Å². The van der Waals surface area contributed by atoms with E-state index in [0.29, 0.717) is 0 Å². The van der Waals surface area contributed by atoms with Crippen molar-refractivity contribution in [3.05, 3.63) is 24.3 Å². The Bertz CT molecular complexity index is 287. The molecule has 0 bridgehead atoms. The molecule has 1 spiro atoms. The number of rotatable bonds is 0. The number of nitrogens with one attached hydrogen (secondary N) is 1. The van der Waals surface area contributed by atoms with E-state index in [9.17, 15) is 9.59 Å². The molecule has 0 aromatic rings. The van der Waals surface area contributed by atoms with Crippen LogP contribution in [0.5, 0.6) is 0 Å². The lowest BCUT2D eigenvalue weighted by Crippen LogP contribution is -2.40. The fourth-order valence-corrected chi connectivity index (χ4v) is 1.18. The van der Waals surface area contributed by atoms with Gasteiger partial charge in [0.1, 0.15) is 6.61 Å². The molecule has 0 unspecified atom stereocenters. The molecule has 1 fully saturated rings. The van der Waals surface area contributed by atoms with Crippen LogP contribution in [0, 0.1) is 0 Å². The van der Waals surface area contributed by atoms with Crippen LogP contribution in [0.3, 0.4) is 0 Å². The van der Waals surface area contributed by atoms with E-state index in [1.54, 1.807) is 12.2 Å². The third kappa shape index (κ3) is 1.06. The van der Waals surface area contributed by atoms with Gasteiger partial charge in [-0.05, 0) is 24.3 Å². The molecule has 62 valence electrons. The van der Waals surface area contributed by atoms with E-state index < -0.39 is 5.72 Å². The van der Waals surface area contributed by atoms with Crippen molar-refractivity contribution in [3.63, 3.8) is 0 Å². The molecule has 2 rings (SSSR count). The molecule has 12 heavy (non-hydrogen) atoms. The molecule has 0 aromatic carbocycles. The van der Waals surface area contributed by atoms with Crippen molar-refractivity contribution in [1.82, 2.24) is 5.32 Å². The quantitative estimate of drug-likeness (QED) is 0.527. The third-order valence-corrected chi connectivity index (χ3v) is 1.77.